The zero-order chi connectivity index (χ0) is 17.6. The summed E-state index contributed by atoms with van der Waals surface area (Å²) in [7, 11) is 0. The van der Waals surface area contributed by atoms with Gasteiger partial charge in [-0.1, -0.05) is 42.0 Å². The van der Waals surface area contributed by atoms with Crippen molar-refractivity contribution in [1.29, 1.82) is 0 Å². The van der Waals surface area contributed by atoms with E-state index in [4.69, 9.17) is 5.11 Å². The van der Waals surface area contributed by atoms with Gasteiger partial charge in [0, 0.05) is 17.4 Å². The van der Waals surface area contributed by atoms with Crippen LogP contribution in [0.4, 0.5) is 0 Å². The summed E-state index contributed by atoms with van der Waals surface area (Å²) in [4.78, 5) is 10.6. The Hall–Kier alpha value is -1.22. The van der Waals surface area contributed by atoms with Crippen molar-refractivity contribution in [2.45, 2.75) is 62.9 Å². The molecule has 2 aliphatic rings. The van der Waals surface area contributed by atoms with Crippen LogP contribution in [-0.4, -0.2) is 16.3 Å². The number of fused-ring (bicyclic) bond motifs is 2. The molecule has 0 saturated heterocycles. The molecular weight excluding hydrogens is 328 g/mol. The van der Waals surface area contributed by atoms with Gasteiger partial charge in [0.2, 0.25) is 0 Å². The first-order valence-electron chi connectivity index (χ1n) is 9.67. The minimum absolute atomic E-state index is 0.285. The number of unbranched alkanes of at least 4 members (excludes halogenated alkanes) is 1. The van der Waals surface area contributed by atoms with Gasteiger partial charge in [-0.3, -0.25) is 4.79 Å². The lowest BCUT2D eigenvalue weighted by Gasteiger charge is -2.30. The zero-order valence-electron chi connectivity index (χ0n) is 15.2. The molecule has 3 rings (SSSR count). The predicted octanol–water partition coefficient (Wildman–Crippen LogP) is 5.84. The van der Waals surface area contributed by atoms with Crippen LogP contribution in [0.5, 0.6) is 0 Å². The van der Waals surface area contributed by atoms with E-state index in [1.807, 2.05) is 0 Å². The van der Waals surface area contributed by atoms with Gasteiger partial charge in [-0.15, -0.1) is 0 Å². The lowest BCUT2D eigenvalue weighted by Crippen LogP contribution is -2.24. The molecule has 0 heterocycles. The van der Waals surface area contributed by atoms with Gasteiger partial charge < -0.3 is 5.11 Å². The standard InChI is InChI=1S/C22H30O2S/c1-16-7-6-8-17(13-16)15-25-22-19-12-11-18(14-19)20(22)9-4-2-3-5-10-21(23)24/h2,4,6-8,13,18-20,22H,3,5,9-12,14-15H2,1H3,(H,23,24)/t18-,19+,20-,22+/m0/s1. The van der Waals surface area contributed by atoms with E-state index in [1.54, 1.807) is 0 Å². The summed E-state index contributed by atoms with van der Waals surface area (Å²) < 4.78 is 0. The van der Waals surface area contributed by atoms with Crippen LogP contribution in [0.25, 0.3) is 0 Å². The van der Waals surface area contributed by atoms with Crippen LogP contribution in [0.2, 0.25) is 0 Å². The van der Waals surface area contributed by atoms with E-state index < -0.39 is 5.97 Å². The molecule has 2 bridgehead atoms. The molecule has 1 aromatic carbocycles. The number of hydrogen-bond donors (Lipinski definition) is 1. The van der Waals surface area contributed by atoms with Crippen LogP contribution in [-0.2, 0) is 10.5 Å². The molecule has 0 unspecified atom stereocenters. The normalized spacial score (nSPS) is 28.0. The minimum Gasteiger partial charge on any atom is -0.481 e. The number of aliphatic carboxylic acids is 1. The summed E-state index contributed by atoms with van der Waals surface area (Å²) in [6, 6.07) is 8.91. The second-order valence-corrected chi connectivity index (χ2v) is 8.92. The Balaban J connectivity index is 1.49. The van der Waals surface area contributed by atoms with Crippen molar-refractivity contribution in [2.75, 3.05) is 0 Å². The Morgan fingerprint density at radius 1 is 1.28 bits per heavy atom. The number of aryl methyl sites for hydroxylation is 1. The molecule has 3 heteroatoms. The lowest BCUT2D eigenvalue weighted by molar-refractivity contribution is -0.137. The van der Waals surface area contributed by atoms with E-state index in [0.717, 1.165) is 41.6 Å². The first-order valence-corrected chi connectivity index (χ1v) is 10.7. The first-order chi connectivity index (χ1) is 12.1. The number of allylic oxidation sites excluding steroid dienone is 2. The fraction of sp³-hybridized carbons (Fsp3) is 0.591. The zero-order valence-corrected chi connectivity index (χ0v) is 16.0. The number of benzene rings is 1. The maximum Gasteiger partial charge on any atom is 0.303 e. The van der Waals surface area contributed by atoms with Crippen LogP contribution >= 0.6 is 11.8 Å². The van der Waals surface area contributed by atoms with Crippen molar-refractivity contribution in [3.05, 3.63) is 47.5 Å². The van der Waals surface area contributed by atoms with Gasteiger partial charge >= 0.3 is 5.97 Å². The van der Waals surface area contributed by atoms with E-state index in [0.29, 0.717) is 0 Å². The highest BCUT2D eigenvalue weighted by Gasteiger charge is 2.46. The van der Waals surface area contributed by atoms with Gasteiger partial charge in [0.1, 0.15) is 0 Å². The highest BCUT2D eigenvalue weighted by molar-refractivity contribution is 7.99. The average molecular weight is 359 g/mol. The molecule has 0 amide bonds. The molecule has 2 aliphatic carbocycles. The van der Waals surface area contributed by atoms with Gasteiger partial charge in [0.25, 0.3) is 0 Å². The summed E-state index contributed by atoms with van der Waals surface area (Å²) in [6.45, 7) is 2.17. The van der Waals surface area contributed by atoms with Crippen molar-refractivity contribution in [1.82, 2.24) is 0 Å². The fourth-order valence-electron chi connectivity index (χ4n) is 4.68. The number of hydrogen-bond acceptors (Lipinski definition) is 2. The summed E-state index contributed by atoms with van der Waals surface area (Å²) in [5.41, 5.74) is 2.81. The minimum atomic E-state index is -0.686. The molecule has 0 aromatic heterocycles. The molecular formula is C22H30O2S. The second-order valence-electron chi connectivity index (χ2n) is 7.75. The monoisotopic (exact) mass is 358 g/mol. The van der Waals surface area contributed by atoms with Crippen molar-refractivity contribution in [3.63, 3.8) is 0 Å². The van der Waals surface area contributed by atoms with Crippen LogP contribution in [0.15, 0.2) is 36.4 Å². The average Bonchev–Trinajstić information content (AvgIpc) is 3.17. The van der Waals surface area contributed by atoms with Crippen LogP contribution in [0.3, 0.4) is 0 Å². The van der Waals surface area contributed by atoms with E-state index in [9.17, 15) is 4.79 Å². The van der Waals surface area contributed by atoms with Crippen molar-refractivity contribution >= 4 is 17.7 Å². The third-order valence-electron chi connectivity index (χ3n) is 5.87. The molecule has 0 radical (unpaired) electrons. The molecule has 1 N–H and O–H groups in total. The van der Waals surface area contributed by atoms with Crippen LogP contribution < -0.4 is 0 Å². The molecule has 0 aliphatic heterocycles. The van der Waals surface area contributed by atoms with Crippen LogP contribution in [0.1, 0.15) is 56.1 Å². The van der Waals surface area contributed by atoms with E-state index >= 15 is 0 Å². The number of carboxylic acid groups (broad SMARTS) is 1. The van der Waals surface area contributed by atoms with E-state index in [2.05, 4.69) is 55.1 Å². The van der Waals surface area contributed by atoms with Crippen molar-refractivity contribution in [2.24, 2.45) is 17.8 Å². The maximum absolute atomic E-state index is 10.6. The maximum atomic E-state index is 10.6. The summed E-state index contributed by atoms with van der Waals surface area (Å²) in [5, 5.41) is 9.50. The molecule has 4 atom stereocenters. The van der Waals surface area contributed by atoms with Crippen molar-refractivity contribution < 1.29 is 9.90 Å². The molecule has 1 aromatic rings. The Labute approximate surface area is 156 Å². The largest absolute Gasteiger partial charge is 0.481 e. The molecule has 2 fully saturated rings. The molecule has 2 nitrogen and oxygen atoms in total. The quantitative estimate of drug-likeness (QED) is 0.445. The van der Waals surface area contributed by atoms with Gasteiger partial charge in [-0.05, 0) is 68.8 Å². The Bertz CT molecular complexity index is 610. The first kappa shape index (κ1) is 18.6. The highest BCUT2D eigenvalue weighted by atomic mass is 32.2. The number of carboxylic acids is 1. The Morgan fingerprint density at radius 2 is 2.12 bits per heavy atom. The van der Waals surface area contributed by atoms with Gasteiger partial charge in [-0.2, -0.15) is 11.8 Å². The van der Waals surface area contributed by atoms with Crippen LogP contribution in [0, 0.1) is 24.7 Å². The fourth-order valence-corrected chi connectivity index (χ4v) is 6.35. The molecule has 0 spiro atoms. The third kappa shape index (κ3) is 5.13. The van der Waals surface area contributed by atoms with Crippen molar-refractivity contribution in [3.8, 4) is 0 Å². The summed E-state index contributed by atoms with van der Waals surface area (Å²) in [6.07, 6.45) is 11.9. The topological polar surface area (TPSA) is 37.3 Å². The Morgan fingerprint density at radius 3 is 2.92 bits per heavy atom. The third-order valence-corrected chi connectivity index (χ3v) is 7.49. The summed E-state index contributed by atoms with van der Waals surface area (Å²) >= 11 is 2.18. The highest BCUT2D eigenvalue weighted by Crippen LogP contribution is 2.54. The molecule has 25 heavy (non-hydrogen) atoms. The second kappa shape index (κ2) is 8.93. The summed E-state index contributed by atoms with van der Waals surface area (Å²) in [5.74, 6) is 3.11. The lowest BCUT2D eigenvalue weighted by atomic mass is 9.86. The van der Waals surface area contributed by atoms with E-state index in [1.165, 1.54) is 36.8 Å². The van der Waals surface area contributed by atoms with Gasteiger partial charge in [-0.25, -0.2) is 0 Å². The molecule has 2 saturated carbocycles. The number of rotatable bonds is 9. The smallest absolute Gasteiger partial charge is 0.303 e. The Kier molecular flexibility index (Phi) is 6.63. The van der Waals surface area contributed by atoms with Gasteiger partial charge in [0.15, 0.2) is 0 Å². The SMILES string of the molecule is Cc1cccc(CS[C@@H]2[C@@H]3CC[C@@H](C3)[C@@H]2CC=CCCCC(=O)O)c1. The van der Waals surface area contributed by atoms with E-state index in [-0.39, 0.29) is 6.42 Å². The number of thioether (sulfide) groups is 1. The van der Waals surface area contributed by atoms with Gasteiger partial charge in [0.05, 0.1) is 0 Å². The molecule has 136 valence electrons. The predicted molar refractivity (Wildman–Crippen MR) is 106 cm³/mol. The number of carbonyl (C=O) groups is 1.